The zero-order valence-corrected chi connectivity index (χ0v) is 30.3. The molecule has 0 bridgehead atoms. The number of unbranched alkanes of at least 4 members (excludes halogenated alkanes) is 7. The van der Waals surface area contributed by atoms with Crippen molar-refractivity contribution in [2.24, 2.45) is 0 Å². The molecule has 1 heterocycles. The van der Waals surface area contributed by atoms with Crippen molar-refractivity contribution in [2.75, 3.05) is 0 Å². The van der Waals surface area contributed by atoms with Gasteiger partial charge in [-0.2, -0.15) is 0 Å². The van der Waals surface area contributed by atoms with E-state index in [1.165, 1.54) is 97.3 Å². The van der Waals surface area contributed by atoms with E-state index in [9.17, 15) is 5.53 Å². The summed E-state index contributed by atoms with van der Waals surface area (Å²) in [7, 11) is 0. The van der Waals surface area contributed by atoms with Gasteiger partial charge in [-0.05, 0) is 86.8 Å². The second kappa shape index (κ2) is 23.4. The number of benzene rings is 2. The molecule has 0 saturated heterocycles. The van der Waals surface area contributed by atoms with Gasteiger partial charge in [-0.25, -0.2) is 4.70 Å². The van der Waals surface area contributed by atoms with Crippen LogP contribution in [0.15, 0.2) is 59.7 Å². The van der Waals surface area contributed by atoms with Gasteiger partial charge in [0.2, 0.25) is 11.4 Å². The number of rotatable bonds is 21. The molecule has 0 aliphatic carbocycles. The molecule has 2 aromatic carbocycles. The van der Waals surface area contributed by atoms with Crippen molar-refractivity contribution in [3.63, 3.8) is 0 Å². The van der Waals surface area contributed by atoms with Crippen LogP contribution in [0.5, 0.6) is 0 Å². The van der Waals surface area contributed by atoms with Crippen LogP contribution in [-0.4, -0.2) is 4.70 Å². The third-order valence-electron chi connectivity index (χ3n) is 8.28. The van der Waals surface area contributed by atoms with E-state index in [-0.39, 0.29) is 0 Å². The molecule has 44 heavy (non-hydrogen) atoms. The quantitative estimate of drug-likeness (QED) is 0.0735. The second-order valence-electron chi connectivity index (χ2n) is 12.3. The molecule has 0 aromatic heterocycles. The monoisotopic (exact) mass is 642 g/mol. The molecule has 0 amide bonds. The van der Waals surface area contributed by atoms with Gasteiger partial charge < -0.3 is 5.53 Å². The third-order valence-corrected chi connectivity index (χ3v) is 9.96. The van der Waals surface area contributed by atoms with Gasteiger partial charge in [0.15, 0.2) is 0 Å². The van der Waals surface area contributed by atoms with E-state index >= 15 is 0 Å². The molecule has 0 spiro atoms. The Bertz CT molecular complexity index is 1140. The first-order valence-electron chi connectivity index (χ1n) is 18.1. The Labute approximate surface area is 278 Å². The molecule has 2 nitrogen and oxygen atoms in total. The molecule has 1 aliphatic heterocycles. The molecule has 0 unspecified atom stereocenters. The van der Waals surface area contributed by atoms with Crippen molar-refractivity contribution >= 4 is 11.4 Å². The van der Waals surface area contributed by atoms with Gasteiger partial charge in [-0.1, -0.05) is 96.9 Å². The van der Waals surface area contributed by atoms with E-state index in [0.717, 1.165) is 67.5 Å². The first-order valence-corrected chi connectivity index (χ1v) is 19.5. The summed E-state index contributed by atoms with van der Waals surface area (Å²) in [5, 5.41) is 2.72. The predicted octanol–water partition coefficient (Wildman–Crippen LogP) is 13.8. The van der Waals surface area contributed by atoms with Gasteiger partial charge in [-0.3, -0.25) is 0 Å². The fourth-order valence-electron chi connectivity index (χ4n) is 5.83. The van der Waals surface area contributed by atoms with Crippen molar-refractivity contribution in [1.29, 1.82) is 0 Å². The van der Waals surface area contributed by atoms with Crippen molar-refractivity contribution in [1.82, 2.24) is 0 Å². The Balaban J connectivity index is 0.000000860. The number of aryl methyl sites for hydroxylation is 2. The topological polar surface area (TPSA) is 25.3 Å². The third kappa shape index (κ3) is 12.8. The summed E-state index contributed by atoms with van der Waals surface area (Å²) >= 11 is 1.90. The van der Waals surface area contributed by atoms with E-state index in [2.05, 4.69) is 90.1 Å². The Morgan fingerprint density at radius 3 is 1.64 bits per heavy atom. The Hall–Kier alpha value is -1.99. The van der Waals surface area contributed by atoms with Crippen molar-refractivity contribution in [2.45, 2.75) is 161 Å². The van der Waals surface area contributed by atoms with Gasteiger partial charge in [-0.15, -0.1) is 0 Å². The van der Waals surface area contributed by atoms with Crippen LogP contribution in [0.25, 0.3) is 16.9 Å². The molecule has 0 radical (unpaired) electrons. The van der Waals surface area contributed by atoms with Crippen LogP contribution in [0, 0.1) is 0 Å². The van der Waals surface area contributed by atoms with Crippen LogP contribution in [0.2, 0.25) is 10.8 Å². The van der Waals surface area contributed by atoms with Crippen LogP contribution in [0.4, 0.5) is 0 Å². The zero-order chi connectivity index (χ0) is 32.0. The van der Waals surface area contributed by atoms with Crippen LogP contribution in [0.1, 0.15) is 160 Å². The SMILES string of the molecule is CCCCCCc1ccc(C2=C(CCCCC)C(CCCC)=C(c3cccc(CCCC)c3)[N+]2=[N-])cc1.CC[CH2][Ni][CH2]CC. The average molecular weight is 644 g/mol. The van der Waals surface area contributed by atoms with Crippen molar-refractivity contribution in [3.8, 4) is 0 Å². The van der Waals surface area contributed by atoms with Gasteiger partial charge >= 0.3 is 51.9 Å². The Kier molecular flexibility index (Phi) is 20.3. The summed E-state index contributed by atoms with van der Waals surface area (Å²) in [4.78, 5) is 0. The van der Waals surface area contributed by atoms with E-state index in [4.69, 9.17) is 0 Å². The van der Waals surface area contributed by atoms with Gasteiger partial charge in [0.05, 0.1) is 0 Å². The number of hydrogen-bond acceptors (Lipinski definition) is 0. The number of allylic oxidation sites excluding steroid dienone is 2. The molecule has 3 heteroatoms. The van der Waals surface area contributed by atoms with Crippen molar-refractivity contribution < 1.29 is 19.1 Å². The molecule has 3 rings (SSSR count). The van der Waals surface area contributed by atoms with Crippen LogP contribution in [0.3, 0.4) is 0 Å². The average Bonchev–Trinajstić information content (AvgIpc) is 3.32. The molecule has 0 fully saturated rings. The first-order chi connectivity index (χ1) is 21.6. The number of hydrogen-bond donors (Lipinski definition) is 0. The van der Waals surface area contributed by atoms with Gasteiger partial charge in [0.25, 0.3) is 0 Å². The summed E-state index contributed by atoms with van der Waals surface area (Å²) in [6.45, 7) is 13.5. The van der Waals surface area contributed by atoms with Crippen LogP contribution >= 0.6 is 0 Å². The van der Waals surface area contributed by atoms with Crippen LogP contribution < -0.4 is 0 Å². The molecule has 248 valence electrons. The van der Waals surface area contributed by atoms with E-state index in [0.29, 0.717) is 0 Å². The van der Waals surface area contributed by atoms with Crippen molar-refractivity contribution in [3.05, 3.63) is 87.5 Å². The number of nitrogens with zero attached hydrogens (tertiary/aromatic N) is 2. The molecular weight excluding hydrogens is 579 g/mol. The summed E-state index contributed by atoms with van der Waals surface area (Å²) in [6, 6.07) is 17.9. The normalized spacial score (nSPS) is 13.2. The summed E-state index contributed by atoms with van der Waals surface area (Å²) < 4.78 is 1.54. The summed E-state index contributed by atoms with van der Waals surface area (Å²) in [5.41, 5.74) is 21.6. The molecular formula is C41H64N2Ni. The van der Waals surface area contributed by atoms with Crippen LogP contribution in [-0.2, 0) is 27.3 Å². The standard InChI is InChI=1S/C35H50N2.2C3H7.Ni/c1-5-9-13-15-18-28-23-25-30(26-24-28)34-33(22-14-10-6-2)32(21-12-8-4)35(37(34)36)31-20-16-19-29(27-31)17-11-7-3;2*1-3-2;/h16,19-20,23-27H,5-15,17-18,21-22H2,1-4H3;2*1,3H2,2H3;. The minimum absolute atomic E-state index is 1.01. The molecule has 1 aliphatic rings. The summed E-state index contributed by atoms with van der Waals surface area (Å²) in [6.07, 6.45) is 20.4. The van der Waals surface area contributed by atoms with E-state index in [1.807, 2.05) is 14.4 Å². The predicted molar refractivity (Wildman–Crippen MR) is 191 cm³/mol. The fraction of sp³-hybridized carbons (Fsp3) is 0.610. The van der Waals surface area contributed by atoms with Gasteiger partial charge in [0.1, 0.15) is 0 Å². The molecule has 0 N–H and O–H groups in total. The fourth-order valence-corrected chi connectivity index (χ4v) is 6.78. The Morgan fingerprint density at radius 1 is 0.500 bits per heavy atom. The maximum atomic E-state index is 11.8. The molecule has 0 saturated carbocycles. The second-order valence-corrected chi connectivity index (χ2v) is 13.8. The zero-order valence-electron chi connectivity index (χ0n) is 29.3. The van der Waals surface area contributed by atoms with Gasteiger partial charge in [0, 0.05) is 22.3 Å². The first kappa shape index (κ1) is 38.2. The van der Waals surface area contributed by atoms with E-state index in [1.54, 1.807) is 4.70 Å². The maximum absolute atomic E-state index is 11.8. The molecule has 2 aromatic rings. The minimum atomic E-state index is 1.01. The Morgan fingerprint density at radius 2 is 1.02 bits per heavy atom. The summed E-state index contributed by atoms with van der Waals surface area (Å²) in [5.74, 6) is 0. The molecule has 0 atom stereocenters. The van der Waals surface area contributed by atoms with E-state index < -0.39 is 0 Å².